The van der Waals surface area contributed by atoms with Crippen LogP contribution in [0.25, 0.3) is 0 Å². The third-order valence-electron chi connectivity index (χ3n) is 1.07. The molecule has 0 spiro atoms. The molecule has 1 heterocycles. The predicted molar refractivity (Wildman–Crippen MR) is 40.9 cm³/mol. The molecule has 0 bridgehead atoms. The minimum absolute atomic E-state index is 0.266. The number of hydrogen-bond acceptors (Lipinski definition) is 3. The maximum Gasteiger partial charge on any atom is 0.213 e. The standard InChI is InChI=1S/C5H6Cl2N2O/c1-10-4-2-8-5(6)9(7)3-4/h2H,3H2,1H3. The van der Waals surface area contributed by atoms with Crippen molar-refractivity contribution in [2.45, 2.75) is 0 Å². The number of hydrogen-bond donors (Lipinski definition) is 0. The quantitative estimate of drug-likeness (QED) is 0.452. The lowest BCUT2D eigenvalue weighted by molar-refractivity contribution is 0.270. The third-order valence-corrected chi connectivity index (χ3v) is 1.74. The molecule has 0 saturated carbocycles. The Morgan fingerprint density at radius 3 is 3.00 bits per heavy atom. The molecule has 56 valence electrons. The Kier molecular flexibility index (Phi) is 2.40. The summed E-state index contributed by atoms with van der Waals surface area (Å²) in [6.45, 7) is 0.459. The van der Waals surface area contributed by atoms with E-state index in [4.69, 9.17) is 28.1 Å². The van der Waals surface area contributed by atoms with E-state index in [0.717, 1.165) is 0 Å². The molecule has 10 heavy (non-hydrogen) atoms. The number of nitrogens with zero attached hydrogens (tertiary/aromatic N) is 2. The molecule has 0 N–H and O–H groups in total. The zero-order chi connectivity index (χ0) is 7.56. The summed E-state index contributed by atoms with van der Waals surface area (Å²) in [6, 6.07) is 0. The second-order valence-electron chi connectivity index (χ2n) is 1.72. The monoisotopic (exact) mass is 180 g/mol. The van der Waals surface area contributed by atoms with Crippen LogP contribution in [-0.4, -0.2) is 23.4 Å². The second-order valence-corrected chi connectivity index (χ2v) is 2.46. The van der Waals surface area contributed by atoms with Gasteiger partial charge in [-0.3, -0.25) is 4.42 Å². The first-order valence-electron chi connectivity index (χ1n) is 2.63. The van der Waals surface area contributed by atoms with Crippen molar-refractivity contribution in [3.05, 3.63) is 12.0 Å². The van der Waals surface area contributed by atoms with Crippen LogP contribution in [0.2, 0.25) is 0 Å². The molecule has 1 aliphatic rings. The molecular weight excluding hydrogens is 175 g/mol. The number of ether oxygens (including phenoxy) is 1. The minimum Gasteiger partial charge on any atom is -0.498 e. The average molecular weight is 181 g/mol. The van der Waals surface area contributed by atoms with E-state index in [1.165, 1.54) is 4.42 Å². The van der Waals surface area contributed by atoms with Gasteiger partial charge in [0.15, 0.2) is 0 Å². The van der Waals surface area contributed by atoms with Crippen LogP contribution >= 0.6 is 23.4 Å². The van der Waals surface area contributed by atoms with Crippen molar-refractivity contribution in [1.82, 2.24) is 4.42 Å². The second kappa shape index (κ2) is 3.12. The van der Waals surface area contributed by atoms with Crippen molar-refractivity contribution in [3.8, 4) is 0 Å². The first kappa shape index (κ1) is 7.69. The normalized spacial score (nSPS) is 18.1. The van der Waals surface area contributed by atoms with Gasteiger partial charge in [0.25, 0.3) is 0 Å². The van der Waals surface area contributed by atoms with Gasteiger partial charge in [-0.15, -0.1) is 0 Å². The largest absolute Gasteiger partial charge is 0.498 e. The molecule has 0 atom stereocenters. The number of rotatable bonds is 1. The lowest BCUT2D eigenvalue weighted by Crippen LogP contribution is -2.22. The van der Waals surface area contributed by atoms with Crippen molar-refractivity contribution in [2.75, 3.05) is 13.7 Å². The summed E-state index contributed by atoms with van der Waals surface area (Å²) in [7, 11) is 1.56. The summed E-state index contributed by atoms with van der Waals surface area (Å²) in [5.74, 6) is 0.694. The number of halogens is 2. The predicted octanol–water partition coefficient (Wildman–Crippen LogP) is 1.54. The number of amidine groups is 1. The maximum absolute atomic E-state index is 5.59. The topological polar surface area (TPSA) is 24.8 Å². The van der Waals surface area contributed by atoms with E-state index in [0.29, 0.717) is 12.3 Å². The van der Waals surface area contributed by atoms with Crippen LogP contribution in [-0.2, 0) is 4.74 Å². The summed E-state index contributed by atoms with van der Waals surface area (Å²) in [5.41, 5.74) is 0. The third kappa shape index (κ3) is 1.55. The number of aliphatic imine (C=N–C) groups is 1. The Bertz CT molecular complexity index is 190. The van der Waals surface area contributed by atoms with E-state index in [9.17, 15) is 0 Å². The molecule has 5 heteroatoms. The Balaban J connectivity index is 2.68. The lowest BCUT2D eigenvalue weighted by atomic mass is 10.5. The zero-order valence-corrected chi connectivity index (χ0v) is 6.85. The Morgan fingerprint density at radius 1 is 1.80 bits per heavy atom. The molecule has 0 aliphatic carbocycles. The van der Waals surface area contributed by atoms with Crippen molar-refractivity contribution in [2.24, 2.45) is 4.99 Å². The summed E-state index contributed by atoms with van der Waals surface area (Å²) < 4.78 is 6.16. The van der Waals surface area contributed by atoms with Gasteiger partial charge in [-0.1, -0.05) is 0 Å². The zero-order valence-electron chi connectivity index (χ0n) is 5.34. The van der Waals surface area contributed by atoms with Gasteiger partial charge in [0.1, 0.15) is 5.76 Å². The van der Waals surface area contributed by atoms with Crippen LogP contribution in [0.1, 0.15) is 0 Å². The van der Waals surface area contributed by atoms with Crippen molar-refractivity contribution in [3.63, 3.8) is 0 Å². The van der Waals surface area contributed by atoms with Crippen LogP contribution in [0, 0.1) is 0 Å². The van der Waals surface area contributed by atoms with Crippen LogP contribution in [0.3, 0.4) is 0 Å². The minimum atomic E-state index is 0.266. The Morgan fingerprint density at radius 2 is 2.50 bits per heavy atom. The van der Waals surface area contributed by atoms with Gasteiger partial charge < -0.3 is 4.74 Å². The SMILES string of the molecule is COC1=CN=C(Cl)N(Cl)C1. The van der Waals surface area contributed by atoms with Crippen molar-refractivity contribution < 1.29 is 4.74 Å². The smallest absolute Gasteiger partial charge is 0.213 e. The highest BCUT2D eigenvalue weighted by Gasteiger charge is 2.12. The Labute approximate surface area is 69.0 Å². The van der Waals surface area contributed by atoms with E-state index >= 15 is 0 Å². The fourth-order valence-corrected chi connectivity index (χ4v) is 0.818. The maximum atomic E-state index is 5.59. The molecule has 0 unspecified atom stereocenters. The van der Waals surface area contributed by atoms with Gasteiger partial charge in [-0.2, -0.15) is 0 Å². The van der Waals surface area contributed by atoms with E-state index in [2.05, 4.69) is 4.99 Å². The van der Waals surface area contributed by atoms with Gasteiger partial charge in [-0.25, -0.2) is 4.99 Å². The first-order chi connectivity index (χ1) is 4.74. The molecule has 0 fully saturated rings. The van der Waals surface area contributed by atoms with Gasteiger partial charge in [-0.05, 0) is 11.6 Å². The molecule has 0 aromatic rings. The van der Waals surface area contributed by atoms with Crippen LogP contribution in [0.15, 0.2) is 17.0 Å². The molecule has 0 aromatic heterocycles. The van der Waals surface area contributed by atoms with E-state index < -0.39 is 0 Å². The van der Waals surface area contributed by atoms with Gasteiger partial charge >= 0.3 is 0 Å². The molecule has 0 saturated heterocycles. The first-order valence-corrected chi connectivity index (χ1v) is 3.35. The molecule has 0 aromatic carbocycles. The highest BCUT2D eigenvalue weighted by molar-refractivity contribution is 6.67. The molecule has 0 radical (unpaired) electrons. The molecule has 1 rings (SSSR count). The molecule has 1 aliphatic heterocycles. The van der Waals surface area contributed by atoms with Gasteiger partial charge in [0.05, 0.1) is 19.9 Å². The number of methoxy groups -OCH3 is 1. The van der Waals surface area contributed by atoms with Crippen LogP contribution in [0.4, 0.5) is 0 Å². The van der Waals surface area contributed by atoms with E-state index in [1.807, 2.05) is 0 Å². The summed E-state index contributed by atoms with van der Waals surface area (Å²) in [5, 5.41) is 0.266. The van der Waals surface area contributed by atoms with E-state index in [-0.39, 0.29) is 5.29 Å². The van der Waals surface area contributed by atoms with Gasteiger partial charge in [0.2, 0.25) is 5.29 Å². The Hall–Kier alpha value is -0.410. The highest BCUT2D eigenvalue weighted by Crippen LogP contribution is 2.12. The summed E-state index contributed by atoms with van der Waals surface area (Å²) in [4.78, 5) is 3.75. The van der Waals surface area contributed by atoms with Gasteiger partial charge in [0, 0.05) is 11.8 Å². The molecule has 3 nitrogen and oxygen atoms in total. The molecule has 0 amide bonds. The fourth-order valence-electron chi connectivity index (χ4n) is 0.548. The molecular formula is C5H6Cl2N2O. The van der Waals surface area contributed by atoms with Crippen LogP contribution < -0.4 is 0 Å². The average Bonchev–Trinajstić information content (AvgIpc) is 1.95. The lowest BCUT2D eigenvalue weighted by Gasteiger charge is -2.17. The fraction of sp³-hybridized carbons (Fsp3) is 0.400. The summed E-state index contributed by atoms with van der Waals surface area (Å²) in [6.07, 6.45) is 1.54. The van der Waals surface area contributed by atoms with Crippen LogP contribution in [0.5, 0.6) is 0 Å². The highest BCUT2D eigenvalue weighted by atomic mass is 35.5. The summed E-state index contributed by atoms with van der Waals surface area (Å²) >= 11 is 11.1. The van der Waals surface area contributed by atoms with Crippen molar-refractivity contribution >= 4 is 28.7 Å². The van der Waals surface area contributed by atoms with Crippen molar-refractivity contribution in [1.29, 1.82) is 0 Å². The van der Waals surface area contributed by atoms with E-state index in [1.54, 1.807) is 13.3 Å².